The summed E-state index contributed by atoms with van der Waals surface area (Å²) in [6.45, 7) is 3.11. The molecule has 0 aromatic heterocycles. The van der Waals surface area contributed by atoms with Crippen molar-refractivity contribution in [1.29, 1.82) is 0 Å². The molecule has 5 N–H and O–H groups in total. The van der Waals surface area contributed by atoms with Crippen molar-refractivity contribution in [3.63, 3.8) is 0 Å². The lowest BCUT2D eigenvalue weighted by Crippen LogP contribution is -2.58. The van der Waals surface area contributed by atoms with E-state index in [4.69, 9.17) is 5.84 Å². The molecular weight excluding hydrogens is 316 g/mol. The van der Waals surface area contributed by atoms with Crippen LogP contribution in [0.3, 0.4) is 0 Å². The zero-order valence-corrected chi connectivity index (χ0v) is 14.0. The quantitative estimate of drug-likeness (QED) is 0.200. The summed E-state index contributed by atoms with van der Waals surface area (Å²) in [6.07, 6.45) is 0.179. The first-order valence-corrected chi connectivity index (χ1v) is 7.51. The van der Waals surface area contributed by atoms with Crippen LogP contribution >= 0.6 is 12.6 Å². The molecule has 1 atom stereocenters. The molecule has 1 rings (SSSR count). The fourth-order valence-corrected chi connectivity index (χ4v) is 2.06. The molecule has 0 aliphatic heterocycles. The van der Waals surface area contributed by atoms with Gasteiger partial charge in [-0.25, -0.2) is 5.84 Å². The summed E-state index contributed by atoms with van der Waals surface area (Å²) in [4.78, 5) is 35.4. The van der Waals surface area contributed by atoms with Crippen molar-refractivity contribution < 1.29 is 14.4 Å². The second kappa shape index (κ2) is 8.54. The molecule has 1 aromatic carbocycles. The Hall–Kier alpha value is -2.06. The summed E-state index contributed by atoms with van der Waals surface area (Å²) >= 11 is 4.27. The number of hydrogen-bond donors (Lipinski definition) is 5. The van der Waals surface area contributed by atoms with E-state index in [1.54, 1.807) is 13.8 Å². The van der Waals surface area contributed by atoms with Crippen LogP contribution in [0.1, 0.15) is 19.4 Å². The molecule has 3 amide bonds. The van der Waals surface area contributed by atoms with Crippen LogP contribution in [-0.2, 0) is 20.8 Å². The van der Waals surface area contributed by atoms with Crippen molar-refractivity contribution in [2.24, 2.45) is 5.84 Å². The monoisotopic (exact) mass is 338 g/mol. The zero-order valence-electron chi connectivity index (χ0n) is 13.1. The predicted octanol–water partition coefficient (Wildman–Crippen LogP) is -0.472. The van der Waals surface area contributed by atoms with Gasteiger partial charge >= 0.3 is 0 Å². The van der Waals surface area contributed by atoms with Crippen molar-refractivity contribution in [3.05, 3.63) is 35.9 Å². The highest BCUT2D eigenvalue weighted by Crippen LogP contribution is 2.17. The lowest BCUT2D eigenvalue weighted by atomic mass is 10.0. The Morgan fingerprint density at radius 2 is 1.78 bits per heavy atom. The molecule has 7 nitrogen and oxygen atoms in total. The first kappa shape index (κ1) is 19.0. The minimum absolute atomic E-state index is 0.179. The molecule has 0 saturated carbocycles. The third-order valence-corrected chi connectivity index (χ3v) is 3.33. The third-order valence-electron chi connectivity index (χ3n) is 3.07. The van der Waals surface area contributed by atoms with Crippen molar-refractivity contribution >= 4 is 30.4 Å². The predicted molar refractivity (Wildman–Crippen MR) is 90.5 cm³/mol. The first-order valence-electron chi connectivity index (χ1n) is 7.07. The summed E-state index contributed by atoms with van der Waals surface area (Å²) in [5.41, 5.74) is 2.83. The number of thiol groups is 1. The molecule has 0 aliphatic carbocycles. The summed E-state index contributed by atoms with van der Waals surface area (Å²) < 4.78 is -0.812. The van der Waals surface area contributed by atoms with E-state index in [9.17, 15) is 14.4 Å². The fraction of sp³-hybridized carbons (Fsp3) is 0.400. The second-order valence-electron chi connectivity index (χ2n) is 5.60. The van der Waals surface area contributed by atoms with Gasteiger partial charge in [0.15, 0.2) is 0 Å². The molecule has 0 fully saturated rings. The highest BCUT2D eigenvalue weighted by atomic mass is 32.1. The number of carbonyl (C=O) groups excluding carboxylic acids is 3. The smallest absolute Gasteiger partial charge is 0.257 e. The van der Waals surface area contributed by atoms with Crippen LogP contribution in [0.25, 0.3) is 0 Å². The van der Waals surface area contributed by atoms with Crippen LogP contribution in [0.4, 0.5) is 0 Å². The van der Waals surface area contributed by atoms with Gasteiger partial charge in [0, 0.05) is 4.75 Å². The van der Waals surface area contributed by atoms with Crippen molar-refractivity contribution in [2.75, 3.05) is 6.54 Å². The first-order chi connectivity index (χ1) is 10.7. The van der Waals surface area contributed by atoms with Crippen LogP contribution < -0.4 is 21.9 Å². The largest absolute Gasteiger partial charge is 0.347 e. The zero-order chi connectivity index (χ0) is 17.5. The van der Waals surface area contributed by atoms with Gasteiger partial charge in [0.25, 0.3) is 5.91 Å². The van der Waals surface area contributed by atoms with E-state index < -0.39 is 22.6 Å². The average molecular weight is 338 g/mol. The van der Waals surface area contributed by atoms with Gasteiger partial charge in [-0.3, -0.25) is 19.8 Å². The Kier molecular flexibility index (Phi) is 7.05. The highest BCUT2D eigenvalue weighted by molar-refractivity contribution is 7.81. The van der Waals surface area contributed by atoms with E-state index >= 15 is 0 Å². The Morgan fingerprint density at radius 1 is 1.17 bits per heavy atom. The van der Waals surface area contributed by atoms with Gasteiger partial charge in [-0.2, -0.15) is 12.6 Å². The molecular formula is C15H22N4O3S. The van der Waals surface area contributed by atoms with Crippen molar-refractivity contribution in [3.8, 4) is 0 Å². The highest BCUT2D eigenvalue weighted by Gasteiger charge is 2.33. The number of carbonyl (C=O) groups is 3. The molecule has 0 saturated heterocycles. The summed E-state index contributed by atoms with van der Waals surface area (Å²) in [6, 6.07) is 8.25. The van der Waals surface area contributed by atoms with Crippen molar-refractivity contribution in [1.82, 2.24) is 16.1 Å². The number of hydrogen-bond acceptors (Lipinski definition) is 5. The van der Waals surface area contributed by atoms with Gasteiger partial charge in [0.2, 0.25) is 11.8 Å². The van der Waals surface area contributed by atoms with Gasteiger partial charge in [-0.05, 0) is 19.4 Å². The Bertz CT molecular complexity index is 558. The van der Waals surface area contributed by atoms with Gasteiger partial charge in [-0.15, -0.1) is 0 Å². The van der Waals surface area contributed by atoms with E-state index in [1.807, 2.05) is 35.8 Å². The molecule has 8 heteroatoms. The van der Waals surface area contributed by atoms with E-state index in [-0.39, 0.29) is 18.9 Å². The van der Waals surface area contributed by atoms with Gasteiger partial charge in [-0.1, -0.05) is 30.3 Å². The molecule has 0 radical (unpaired) electrons. The molecule has 1 aromatic rings. The van der Waals surface area contributed by atoms with Crippen LogP contribution in [0.5, 0.6) is 0 Å². The van der Waals surface area contributed by atoms with E-state index in [1.165, 1.54) is 0 Å². The standard InChI is InChI=1S/C15H22N4O3S/c1-15(2,23)13(14(22)19-16)18-12(21)9-17-11(20)8-10-6-4-3-5-7-10/h3-7,13,23H,8-9,16H2,1-2H3,(H,17,20)(H,18,21)(H,19,22)/t13-/m1/s1. The van der Waals surface area contributed by atoms with Crippen LogP contribution in [-0.4, -0.2) is 35.1 Å². The topological polar surface area (TPSA) is 113 Å². The number of amides is 3. The van der Waals surface area contributed by atoms with Crippen LogP contribution in [0, 0.1) is 0 Å². The molecule has 0 unspecified atom stereocenters. The van der Waals surface area contributed by atoms with E-state index in [0.717, 1.165) is 5.56 Å². The fourth-order valence-electron chi connectivity index (χ4n) is 1.88. The normalized spacial score (nSPS) is 12.2. The summed E-state index contributed by atoms with van der Waals surface area (Å²) in [7, 11) is 0. The van der Waals surface area contributed by atoms with Crippen LogP contribution in [0.15, 0.2) is 30.3 Å². The number of rotatable bonds is 7. The van der Waals surface area contributed by atoms with Crippen LogP contribution in [0.2, 0.25) is 0 Å². The average Bonchev–Trinajstić information content (AvgIpc) is 2.49. The molecule has 0 bridgehead atoms. The number of benzene rings is 1. The maximum absolute atomic E-state index is 11.9. The minimum atomic E-state index is -0.922. The summed E-state index contributed by atoms with van der Waals surface area (Å²) in [5.74, 6) is 3.76. The van der Waals surface area contributed by atoms with E-state index in [0.29, 0.717) is 0 Å². The van der Waals surface area contributed by atoms with E-state index in [2.05, 4.69) is 23.3 Å². The molecule has 23 heavy (non-hydrogen) atoms. The van der Waals surface area contributed by atoms with Gasteiger partial charge in [0.1, 0.15) is 6.04 Å². The second-order valence-corrected chi connectivity index (χ2v) is 6.75. The Balaban J connectivity index is 2.49. The lowest BCUT2D eigenvalue weighted by molar-refractivity contribution is -0.130. The maximum atomic E-state index is 11.9. The van der Waals surface area contributed by atoms with Gasteiger partial charge < -0.3 is 10.6 Å². The lowest BCUT2D eigenvalue weighted by Gasteiger charge is -2.28. The Morgan fingerprint density at radius 3 is 2.30 bits per heavy atom. The SMILES string of the molecule is CC(C)(S)[C@H](NC(=O)CNC(=O)Cc1ccccc1)C(=O)NN. The van der Waals surface area contributed by atoms with Crippen molar-refractivity contribution in [2.45, 2.75) is 31.1 Å². The maximum Gasteiger partial charge on any atom is 0.257 e. The van der Waals surface area contributed by atoms with Gasteiger partial charge in [0.05, 0.1) is 13.0 Å². The number of nitrogens with one attached hydrogen (secondary N) is 3. The Labute approximate surface area is 140 Å². The number of hydrazine groups is 1. The number of nitrogens with two attached hydrogens (primary N) is 1. The minimum Gasteiger partial charge on any atom is -0.347 e. The molecule has 0 aliphatic rings. The third kappa shape index (κ3) is 6.70. The molecule has 126 valence electrons. The molecule has 0 spiro atoms. The summed E-state index contributed by atoms with van der Waals surface area (Å²) in [5, 5.41) is 5.01. The molecule has 0 heterocycles.